The standard InChI is InChI=1S/C15H15F3N4/c1-8-14(11-7-13(19)22(3)20-11)10-6-9(15(16,17)18)4-5-12(10)21(8)2/h4-7H,19H2,1-3H3. The number of halogens is 3. The van der Waals surface area contributed by atoms with Gasteiger partial charge in [0.25, 0.3) is 0 Å². The normalized spacial score (nSPS) is 12.3. The zero-order valence-electron chi connectivity index (χ0n) is 12.4. The first kappa shape index (κ1) is 14.5. The average Bonchev–Trinajstić information content (AvgIpc) is 2.88. The molecule has 0 saturated heterocycles. The highest BCUT2D eigenvalue weighted by Crippen LogP contribution is 2.38. The predicted molar refractivity (Wildman–Crippen MR) is 79.3 cm³/mol. The molecule has 116 valence electrons. The Balaban J connectivity index is 2.35. The Hall–Kier alpha value is -2.44. The van der Waals surface area contributed by atoms with Gasteiger partial charge in [-0.1, -0.05) is 0 Å². The Labute approximate surface area is 124 Å². The highest BCUT2D eigenvalue weighted by molar-refractivity contribution is 5.98. The molecule has 0 unspecified atom stereocenters. The predicted octanol–water partition coefficient (Wildman–Crippen LogP) is 3.49. The highest BCUT2D eigenvalue weighted by Gasteiger charge is 2.31. The van der Waals surface area contributed by atoms with Crippen LogP contribution in [0.1, 0.15) is 11.3 Å². The zero-order chi connectivity index (χ0) is 16.2. The molecule has 0 aliphatic carbocycles. The lowest BCUT2D eigenvalue weighted by atomic mass is 10.1. The van der Waals surface area contributed by atoms with E-state index in [1.54, 1.807) is 13.1 Å². The average molecular weight is 308 g/mol. The van der Waals surface area contributed by atoms with Crippen LogP contribution in [0.5, 0.6) is 0 Å². The number of rotatable bonds is 1. The quantitative estimate of drug-likeness (QED) is 0.748. The number of hydrogen-bond donors (Lipinski definition) is 1. The van der Waals surface area contributed by atoms with Gasteiger partial charge < -0.3 is 10.3 Å². The van der Waals surface area contributed by atoms with Gasteiger partial charge in [-0.05, 0) is 25.1 Å². The molecule has 0 aliphatic rings. The molecule has 1 aromatic carbocycles. The molecule has 22 heavy (non-hydrogen) atoms. The summed E-state index contributed by atoms with van der Waals surface area (Å²) in [5.74, 6) is 0.457. The van der Waals surface area contributed by atoms with Gasteiger partial charge in [0.05, 0.1) is 11.3 Å². The van der Waals surface area contributed by atoms with E-state index in [1.165, 1.54) is 16.8 Å². The van der Waals surface area contributed by atoms with Crippen molar-refractivity contribution >= 4 is 16.7 Å². The van der Waals surface area contributed by atoms with Crippen LogP contribution in [-0.4, -0.2) is 14.3 Å². The number of fused-ring (bicyclic) bond motifs is 1. The number of nitrogen functional groups attached to an aromatic ring is 1. The van der Waals surface area contributed by atoms with Crippen LogP contribution in [0.4, 0.5) is 19.0 Å². The van der Waals surface area contributed by atoms with Gasteiger partial charge in [0.2, 0.25) is 0 Å². The first-order valence-electron chi connectivity index (χ1n) is 6.66. The second-order valence-corrected chi connectivity index (χ2v) is 5.33. The van der Waals surface area contributed by atoms with Crippen molar-refractivity contribution in [3.05, 3.63) is 35.5 Å². The number of nitrogens with two attached hydrogens (primary N) is 1. The molecule has 0 saturated carbocycles. The minimum Gasteiger partial charge on any atom is -0.384 e. The third kappa shape index (κ3) is 2.04. The van der Waals surface area contributed by atoms with Crippen molar-refractivity contribution in [1.29, 1.82) is 0 Å². The van der Waals surface area contributed by atoms with Crippen LogP contribution in [0.3, 0.4) is 0 Å². The minimum absolute atomic E-state index is 0.457. The topological polar surface area (TPSA) is 48.8 Å². The molecular formula is C15H15F3N4. The second kappa shape index (κ2) is 4.53. The summed E-state index contributed by atoms with van der Waals surface area (Å²) in [6, 6.07) is 5.42. The van der Waals surface area contributed by atoms with Gasteiger partial charge in [0.1, 0.15) is 5.82 Å². The molecule has 0 atom stereocenters. The van der Waals surface area contributed by atoms with Crippen molar-refractivity contribution in [1.82, 2.24) is 14.3 Å². The smallest absolute Gasteiger partial charge is 0.384 e. The summed E-state index contributed by atoms with van der Waals surface area (Å²) in [5.41, 5.74) is 7.94. The van der Waals surface area contributed by atoms with Crippen LogP contribution in [0.25, 0.3) is 22.2 Å². The second-order valence-electron chi connectivity index (χ2n) is 5.33. The van der Waals surface area contributed by atoms with Crippen molar-refractivity contribution in [2.45, 2.75) is 13.1 Å². The van der Waals surface area contributed by atoms with Crippen molar-refractivity contribution in [3.63, 3.8) is 0 Å². The number of aromatic nitrogens is 3. The van der Waals surface area contributed by atoms with Crippen LogP contribution in [-0.2, 0) is 20.3 Å². The molecule has 0 amide bonds. The van der Waals surface area contributed by atoms with Crippen molar-refractivity contribution in [2.75, 3.05) is 5.73 Å². The third-order valence-electron chi connectivity index (χ3n) is 3.99. The molecule has 0 radical (unpaired) electrons. The maximum absolute atomic E-state index is 13.0. The van der Waals surface area contributed by atoms with Crippen molar-refractivity contribution in [2.24, 2.45) is 14.1 Å². The summed E-state index contributed by atoms with van der Waals surface area (Å²) >= 11 is 0. The Morgan fingerprint density at radius 2 is 1.82 bits per heavy atom. The van der Waals surface area contributed by atoms with Crippen molar-refractivity contribution < 1.29 is 13.2 Å². The minimum atomic E-state index is -4.38. The summed E-state index contributed by atoms with van der Waals surface area (Å²) in [4.78, 5) is 0. The Morgan fingerprint density at radius 1 is 1.14 bits per heavy atom. The SMILES string of the molecule is Cc1c(-c2cc(N)n(C)n2)c2cc(C(F)(F)F)ccc2n1C. The molecule has 3 rings (SSSR count). The lowest BCUT2D eigenvalue weighted by Gasteiger charge is -2.07. The van der Waals surface area contributed by atoms with E-state index in [-0.39, 0.29) is 0 Å². The molecule has 7 heteroatoms. The summed E-state index contributed by atoms with van der Waals surface area (Å²) in [6.07, 6.45) is -4.38. The fourth-order valence-corrected chi connectivity index (χ4v) is 2.68. The van der Waals surface area contributed by atoms with E-state index in [4.69, 9.17) is 5.73 Å². The number of anilines is 1. The number of benzene rings is 1. The zero-order valence-corrected chi connectivity index (χ0v) is 12.4. The van der Waals surface area contributed by atoms with Gasteiger partial charge in [-0.3, -0.25) is 4.68 Å². The van der Waals surface area contributed by atoms with Crippen LogP contribution < -0.4 is 5.73 Å². The number of nitrogens with zero attached hydrogens (tertiary/aromatic N) is 3. The van der Waals surface area contributed by atoms with Crippen molar-refractivity contribution in [3.8, 4) is 11.3 Å². The first-order chi connectivity index (χ1) is 10.2. The van der Waals surface area contributed by atoms with Crippen LogP contribution in [0, 0.1) is 6.92 Å². The number of aryl methyl sites for hydroxylation is 2. The van der Waals surface area contributed by atoms with E-state index >= 15 is 0 Å². The summed E-state index contributed by atoms with van der Waals surface area (Å²) in [6.45, 7) is 1.85. The molecule has 4 nitrogen and oxygen atoms in total. The van der Waals surface area contributed by atoms with Crippen LogP contribution in [0.15, 0.2) is 24.3 Å². The maximum atomic E-state index is 13.0. The Bertz CT molecular complexity index is 852. The molecule has 0 spiro atoms. The van der Waals surface area contributed by atoms with Crippen LogP contribution in [0.2, 0.25) is 0 Å². The molecule has 2 aromatic heterocycles. The van der Waals surface area contributed by atoms with Gasteiger partial charge >= 0.3 is 6.18 Å². The van der Waals surface area contributed by atoms with Crippen LogP contribution >= 0.6 is 0 Å². The summed E-state index contributed by atoms with van der Waals surface area (Å²) in [7, 11) is 3.52. The Kier molecular flexibility index (Phi) is 2.98. The molecule has 2 heterocycles. The Morgan fingerprint density at radius 3 is 2.36 bits per heavy atom. The van der Waals surface area contributed by atoms with E-state index in [1.807, 2.05) is 18.5 Å². The summed E-state index contributed by atoms with van der Waals surface area (Å²) in [5, 5.41) is 4.81. The van der Waals surface area contributed by atoms with Gasteiger partial charge in [-0.25, -0.2) is 0 Å². The first-order valence-corrected chi connectivity index (χ1v) is 6.66. The fraction of sp³-hybridized carbons (Fsp3) is 0.267. The van der Waals surface area contributed by atoms with E-state index in [2.05, 4.69) is 5.10 Å². The largest absolute Gasteiger partial charge is 0.416 e. The molecule has 2 N–H and O–H groups in total. The molecule has 0 bridgehead atoms. The fourth-order valence-electron chi connectivity index (χ4n) is 2.68. The molecule has 0 aliphatic heterocycles. The lowest BCUT2D eigenvalue weighted by molar-refractivity contribution is -0.137. The van der Waals surface area contributed by atoms with Gasteiger partial charge in [-0.2, -0.15) is 18.3 Å². The van der Waals surface area contributed by atoms with E-state index in [0.29, 0.717) is 22.5 Å². The highest BCUT2D eigenvalue weighted by atomic mass is 19.4. The van der Waals surface area contributed by atoms with E-state index < -0.39 is 11.7 Å². The molecule has 0 fully saturated rings. The van der Waals surface area contributed by atoms with E-state index in [0.717, 1.165) is 17.3 Å². The van der Waals surface area contributed by atoms with Gasteiger partial charge in [0, 0.05) is 42.3 Å². The van der Waals surface area contributed by atoms with Gasteiger partial charge in [-0.15, -0.1) is 0 Å². The summed E-state index contributed by atoms with van der Waals surface area (Å²) < 4.78 is 42.3. The monoisotopic (exact) mass is 308 g/mol. The number of alkyl halides is 3. The van der Waals surface area contributed by atoms with Gasteiger partial charge in [0.15, 0.2) is 0 Å². The molecule has 3 aromatic rings. The lowest BCUT2D eigenvalue weighted by Crippen LogP contribution is -2.04. The van der Waals surface area contributed by atoms with E-state index in [9.17, 15) is 13.2 Å². The molecular weight excluding hydrogens is 293 g/mol. The number of hydrogen-bond acceptors (Lipinski definition) is 2. The third-order valence-corrected chi connectivity index (χ3v) is 3.99. The maximum Gasteiger partial charge on any atom is 0.416 e.